The Morgan fingerprint density at radius 2 is 2.00 bits per heavy atom. The van der Waals surface area contributed by atoms with E-state index in [2.05, 4.69) is 41.6 Å². The van der Waals surface area contributed by atoms with Crippen molar-refractivity contribution in [3.8, 4) is 0 Å². The molecule has 0 unspecified atom stereocenters. The van der Waals surface area contributed by atoms with E-state index in [-0.39, 0.29) is 23.6 Å². The number of amides is 2. The molecule has 0 spiro atoms. The standard InChI is InChI=1S/C16H28N4O2/c1-7-16(8-2)13(9(3)14(16)22-6)18-15(21)17-12-10(4)19-20-11(12)5/h9,13-14H,7-8H2,1-6H3,(H,19,20)(H2,17,18,21)/t9-,13+,14-/m0/s1. The molecule has 0 aliphatic heterocycles. The Bertz CT molecular complexity index is 517. The van der Waals surface area contributed by atoms with Gasteiger partial charge in [0, 0.05) is 24.5 Å². The van der Waals surface area contributed by atoms with Crippen LogP contribution in [0.4, 0.5) is 10.5 Å². The topological polar surface area (TPSA) is 79.0 Å². The smallest absolute Gasteiger partial charge is 0.319 e. The van der Waals surface area contributed by atoms with Crippen molar-refractivity contribution in [2.24, 2.45) is 11.3 Å². The highest BCUT2D eigenvalue weighted by molar-refractivity contribution is 5.90. The lowest BCUT2D eigenvalue weighted by atomic mass is 9.53. The third kappa shape index (κ3) is 2.49. The Morgan fingerprint density at radius 3 is 2.45 bits per heavy atom. The van der Waals surface area contributed by atoms with E-state index in [9.17, 15) is 4.79 Å². The van der Waals surface area contributed by atoms with Crippen LogP contribution in [0.15, 0.2) is 0 Å². The summed E-state index contributed by atoms with van der Waals surface area (Å²) in [6, 6.07) is -0.0507. The second kappa shape index (κ2) is 6.28. The fraction of sp³-hybridized carbons (Fsp3) is 0.750. The molecule has 124 valence electrons. The summed E-state index contributed by atoms with van der Waals surface area (Å²) >= 11 is 0. The van der Waals surface area contributed by atoms with Gasteiger partial charge < -0.3 is 15.4 Å². The van der Waals surface area contributed by atoms with Gasteiger partial charge in [0.25, 0.3) is 0 Å². The number of aryl methyl sites for hydroxylation is 2. The molecule has 1 fully saturated rings. The van der Waals surface area contributed by atoms with Crippen molar-refractivity contribution in [3.63, 3.8) is 0 Å². The van der Waals surface area contributed by atoms with Crippen molar-refractivity contribution in [1.29, 1.82) is 0 Å². The summed E-state index contributed by atoms with van der Waals surface area (Å²) in [6.07, 6.45) is 2.17. The summed E-state index contributed by atoms with van der Waals surface area (Å²) < 4.78 is 5.67. The van der Waals surface area contributed by atoms with Crippen molar-refractivity contribution >= 4 is 11.7 Å². The van der Waals surface area contributed by atoms with E-state index in [4.69, 9.17) is 4.74 Å². The third-order valence-electron chi connectivity index (χ3n) is 5.41. The zero-order chi connectivity index (χ0) is 16.5. The third-order valence-corrected chi connectivity index (χ3v) is 5.41. The van der Waals surface area contributed by atoms with Gasteiger partial charge in [0.05, 0.1) is 23.2 Å². The maximum atomic E-state index is 12.4. The zero-order valence-electron chi connectivity index (χ0n) is 14.4. The number of methoxy groups -OCH3 is 1. The summed E-state index contributed by atoms with van der Waals surface area (Å²) in [5, 5.41) is 13.0. The molecule has 0 bridgehead atoms. The molecule has 2 amide bonds. The van der Waals surface area contributed by atoms with E-state index >= 15 is 0 Å². The first-order chi connectivity index (χ1) is 10.4. The van der Waals surface area contributed by atoms with Crippen molar-refractivity contribution in [3.05, 3.63) is 11.4 Å². The van der Waals surface area contributed by atoms with E-state index in [0.29, 0.717) is 5.92 Å². The number of rotatable bonds is 5. The Morgan fingerprint density at radius 1 is 1.36 bits per heavy atom. The van der Waals surface area contributed by atoms with E-state index in [1.54, 1.807) is 7.11 Å². The average molecular weight is 308 g/mol. The van der Waals surface area contributed by atoms with E-state index in [1.165, 1.54) is 0 Å². The lowest BCUT2D eigenvalue weighted by molar-refractivity contribution is -0.163. The zero-order valence-corrected chi connectivity index (χ0v) is 14.4. The molecule has 6 heteroatoms. The van der Waals surface area contributed by atoms with Crippen molar-refractivity contribution in [2.45, 2.75) is 59.6 Å². The highest BCUT2D eigenvalue weighted by Gasteiger charge is 2.58. The molecule has 1 heterocycles. The van der Waals surface area contributed by atoms with Crippen LogP contribution in [0.25, 0.3) is 0 Å². The molecule has 3 N–H and O–H groups in total. The molecule has 3 atom stereocenters. The first-order valence-corrected chi connectivity index (χ1v) is 8.03. The summed E-state index contributed by atoms with van der Waals surface area (Å²) in [4.78, 5) is 12.4. The quantitative estimate of drug-likeness (QED) is 0.782. The molecule has 6 nitrogen and oxygen atoms in total. The van der Waals surface area contributed by atoms with Gasteiger partial charge in [0.2, 0.25) is 0 Å². The van der Waals surface area contributed by atoms with Crippen LogP contribution >= 0.6 is 0 Å². The van der Waals surface area contributed by atoms with Crippen LogP contribution < -0.4 is 10.6 Å². The minimum absolute atomic E-state index is 0.0198. The molecular weight excluding hydrogens is 280 g/mol. The second-order valence-corrected chi connectivity index (χ2v) is 6.34. The van der Waals surface area contributed by atoms with Crippen LogP contribution in [-0.4, -0.2) is 35.5 Å². The van der Waals surface area contributed by atoms with Crippen LogP contribution in [0.3, 0.4) is 0 Å². The number of carbonyl (C=O) groups excluding carboxylic acids is 1. The molecule has 1 aromatic rings. The maximum Gasteiger partial charge on any atom is 0.319 e. The van der Waals surface area contributed by atoms with Crippen LogP contribution in [0, 0.1) is 25.2 Å². The minimum Gasteiger partial charge on any atom is -0.380 e. The number of H-pyrrole nitrogens is 1. The second-order valence-electron chi connectivity index (χ2n) is 6.34. The van der Waals surface area contributed by atoms with Crippen LogP contribution in [-0.2, 0) is 4.74 Å². The molecule has 2 rings (SSSR count). The van der Waals surface area contributed by atoms with Gasteiger partial charge in [-0.1, -0.05) is 20.8 Å². The number of hydrogen-bond acceptors (Lipinski definition) is 3. The van der Waals surface area contributed by atoms with Gasteiger partial charge >= 0.3 is 6.03 Å². The van der Waals surface area contributed by atoms with Gasteiger partial charge in [-0.2, -0.15) is 5.10 Å². The number of aromatic nitrogens is 2. The number of nitrogens with zero attached hydrogens (tertiary/aromatic N) is 1. The van der Waals surface area contributed by atoms with Crippen molar-refractivity contribution in [2.75, 3.05) is 12.4 Å². The number of urea groups is 1. The molecule has 0 aromatic carbocycles. The van der Waals surface area contributed by atoms with Crippen molar-refractivity contribution < 1.29 is 9.53 Å². The predicted molar refractivity (Wildman–Crippen MR) is 87.0 cm³/mol. The van der Waals surface area contributed by atoms with E-state index < -0.39 is 0 Å². The van der Waals surface area contributed by atoms with Crippen LogP contribution in [0.5, 0.6) is 0 Å². The number of carbonyl (C=O) groups is 1. The Balaban J connectivity index is 2.08. The van der Waals surface area contributed by atoms with Crippen LogP contribution in [0.2, 0.25) is 0 Å². The Labute approximate surface area is 132 Å². The Kier molecular flexibility index (Phi) is 4.80. The minimum atomic E-state index is -0.176. The molecule has 1 saturated carbocycles. The number of hydrogen-bond donors (Lipinski definition) is 3. The van der Waals surface area contributed by atoms with Gasteiger partial charge in [-0.3, -0.25) is 5.10 Å². The lowest BCUT2D eigenvalue weighted by Gasteiger charge is -2.59. The van der Waals surface area contributed by atoms with E-state index in [0.717, 1.165) is 29.9 Å². The highest BCUT2D eigenvalue weighted by Crippen LogP contribution is 2.52. The highest BCUT2D eigenvalue weighted by atomic mass is 16.5. The van der Waals surface area contributed by atoms with Crippen LogP contribution in [0.1, 0.15) is 45.0 Å². The van der Waals surface area contributed by atoms with Gasteiger partial charge in [0.15, 0.2) is 0 Å². The number of ether oxygens (including phenoxy) is 1. The maximum absolute atomic E-state index is 12.4. The molecule has 22 heavy (non-hydrogen) atoms. The SMILES string of the molecule is CCC1(CC)[C@H](NC(=O)Nc2c(C)n[nH]c2C)[C@H](C)[C@@H]1OC. The predicted octanol–water partition coefficient (Wildman–Crippen LogP) is 2.99. The summed E-state index contributed by atoms with van der Waals surface area (Å²) in [6.45, 7) is 10.2. The van der Waals surface area contributed by atoms with Crippen molar-refractivity contribution in [1.82, 2.24) is 15.5 Å². The number of anilines is 1. The normalized spacial score (nSPS) is 26.4. The molecule has 1 aliphatic carbocycles. The van der Waals surface area contributed by atoms with Gasteiger partial charge in [-0.05, 0) is 26.7 Å². The number of nitrogens with one attached hydrogen (secondary N) is 3. The van der Waals surface area contributed by atoms with Gasteiger partial charge in [0.1, 0.15) is 0 Å². The molecule has 1 aromatic heterocycles. The average Bonchev–Trinajstić information content (AvgIpc) is 2.81. The Hall–Kier alpha value is -1.56. The number of aromatic amines is 1. The monoisotopic (exact) mass is 308 g/mol. The molecule has 1 aliphatic rings. The fourth-order valence-electron chi connectivity index (χ4n) is 4.12. The largest absolute Gasteiger partial charge is 0.380 e. The lowest BCUT2D eigenvalue weighted by Crippen LogP contribution is -2.70. The molecule has 0 saturated heterocycles. The summed E-state index contributed by atoms with van der Waals surface area (Å²) in [7, 11) is 1.76. The summed E-state index contributed by atoms with van der Waals surface area (Å²) in [5.74, 6) is 0.308. The van der Waals surface area contributed by atoms with Gasteiger partial charge in [-0.15, -0.1) is 0 Å². The first-order valence-electron chi connectivity index (χ1n) is 8.03. The summed E-state index contributed by atoms with van der Waals surface area (Å²) in [5.41, 5.74) is 2.43. The molecule has 0 radical (unpaired) electrons. The molecular formula is C16H28N4O2. The first kappa shape index (κ1) is 16.8. The fourth-order valence-corrected chi connectivity index (χ4v) is 4.12. The van der Waals surface area contributed by atoms with Gasteiger partial charge in [-0.25, -0.2) is 4.79 Å². The van der Waals surface area contributed by atoms with E-state index in [1.807, 2.05) is 13.8 Å².